The Labute approximate surface area is 129 Å². The molecule has 7 N–H and O–H groups in total. The van der Waals surface area contributed by atoms with E-state index in [2.05, 4.69) is 23.3 Å². The minimum Gasteiger partial charge on any atom is -0.391 e. The van der Waals surface area contributed by atoms with Crippen molar-refractivity contribution in [2.24, 2.45) is 11.5 Å². The minimum absolute atomic E-state index is 0.119. The van der Waals surface area contributed by atoms with Gasteiger partial charge < -0.3 is 27.2 Å². The van der Waals surface area contributed by atoms with E-state index in [0.29, 0.717) is 25.8 Å². The van der Waals surface area contributed by atoms with Crippen molar-refractivity contribution in [2.45, 2.75) is 44.4 Å². The topological polar surface area (TPSA) is 148 Å². The van der Waals surface area contributed by atoms with Crippen molar-refractivity contribution in [1.82, 2.24) is 10.6 Å². The molecule has 3 amide bonds. The molecule has 0 aliphatic heterocycles. The molecule has 21 heavy (non-hydrogen) atoms. The molecule has 0 fully saturated rings. The van der Waals surface area contributed by atoms with Gasteiger partial charge in [0, 0.05) is 0 Å². The molecule has 0 aromatic carbocycles. The number of hydrogen-bond donors (Lipinski definition) is 6. The molecular weight excluding hydrogens is 296 g/mol. The maximum Gasteiger partial charge on any atom is 0.245 e. The van der Waals surface area contributed by atoms with Crippen molar-refractivity contribution in [3.63, 3.8) is 0 Å². The molecule has 0 spiro atoms. The van der Waals surface area contributed by atoms with Gasteiger partial charge in [0.15, 0.2) is 0 Å². The van der Waals surface area contributed by atoms with Gasteiger partial charge in [-0.15, -0.1) is 0 Å². The summed E-state index contributed by atoms with van der Waals surface area (Å²) in [5.74, 6) is -1.97. The molecule has 0 bridgehead atoms. The molecular formula is C12H24N4O4S. The molecule has 9 heteroatoms. The van der Waals surface area contributed by atoms with Crippen molar-refractivity contribution in [3.8, 4) is 0 Å². The summed E-state index contributed by atoms with van der Waals surface area (Å²) < 4.78 is 0. The van der Waals surface area contributed by atoms with Crippen LogP contribution in [0, 0.1) is 0 Å². The van der Waals surface area contributed by atoms with Gasteiger partial charge in [0.05, 0.1) is 11.9 Å². The van der Waals surface area contributed by atoms with Crippen LogP contribution in [0.25, 0.3) is 0 Å². The number of aliphatic hydroxyl groups excluding tert-OH is 1. The molecule has 8 nitrogen and oxygen atoms in total. The lowest BCUT2D eigenvalue weighted by Gasteiger charge is -2.23. The van der Waals surface area contributed by atoms with Gasteiger partial charge in [-0.2, -0.15) is 12.6 Å². The summed E-state index contributed by atoms with van der Waals surface area (Å²) >= 11 is 3.78. The highest BCUT2D eigenvalue weighted by Gasteiger charge is 2.28. The Hall–Kier alpha value is -1.32. The fourth-order valence-corrected chi connectivity index (χ4v) is 1.76. The van der Waals surface area contributed by atoms with Crippen molar-refractivity contribution in [1.29, 1.82) is 0 Å². The fraction of sp³-hybridized carbons (Fsp3) is 0.750. The maximum absolute atomic E-state index is 12.0. The van der Waals surface area contributed by atoms with E-state index < -0.39 is 35.9 Å². The van der Waals surface area contributed by atoms with Crippen LogP contribution in [-0.2, 0) is 14.4 Å². The molecule has 0 aromatic rings. The number of primary amides is 1. The minimum atomic E-state index is -1.17. The molecule has 0 saturated carbocycles. The number of thiol groups is 1. The van der Waals surface area contributed by atoms with Crippen molar-refractivity contribution < 1.29 is 19.5 Å². The number of carbonyl (C=O) groups excluding carboxylic acids is 3. The van der Waals surface area contributed by atoms with Gasteiger partial charge in [0.2, 0.25) is 17.7 Å². The van der Waals surface area contributed by atoms with Crippen LogP contribution >= 0.6 is 12.6 Å². The van der Waals surface area contributed by atoms with Crippen LogP contribution in [0.1, 0.15) is 26.2 Å². The molecule has 0 unspecified atom stereocenters. The molecule has 0 aromatic heterocycles. The van der Waals surface area contributed by atoms with E-state index in [1.807, 2.05) is 0 Å². The molecule has 0 saturated heterocycles. The first kappa shape index (κ1) is 19.7. The first-order valence-electron chi connectivity index (χ1n) is 6.71. The molecule has 0 aliphatic carbocycles. The van der Waals surface area contributed by atoms with E-state index in [1.54, 1.807) is 0 Å². The Morgan fingerprint density at radius 1 is 1.24 bits per heavy atom. The summed E-state index contributed by atoms with van der Waals surface area (Å²) in [5.41, 5.74) is 10.6. The van der Waals surface area contributed by atoms with E-state index in [-0.39, 0.29) is 5.75 Å². The summed E-state index contributed by atoms with van der Waals surface area (Å²) in [6.07, 6.45) is 0.569. The highest BCUT2D eigenvalue weighted by atomic mass is 32.1. The van der Waals surface area contributed by atoms with Gasteiger partial charge in [-0.1, -0.05) is 0 Å². The quantitative estimate of drug-likeness (QED) is 0.201. The summed E-state index contributed by atoms with van der Waals surface area (Å²) in [6, 6.07) is -2.03. The standard InChI is InChI=1S/C12H24N4O4S/c1-7(17)10(16-9(18)6-21)12(20)15-8(11(14)19)4-2-3-5-13/h7-8,10,17,21H,2-6,13H2,1H3,(H2,14,19)(H,15,20)(H,16,18)/t7-,8+,10+/m1/s1. The SMILES string of the molecule is C[C@@H](O)[C@H](NC(=O)CS)C(=O)N[C@@H](CCCCN)C(N)=O. The monoisotopic (exact) mass is 320 g/mol. The fourth-order valence-electron chi connectivity index (χ4n) is 1.66. The van der Waals surface area contributed by atoms with Gasteiger partial charge in [0.25, 0.3) is 0 Å². The van der Waals surface area contributed by atoms with Gasteiger partial charge in [-0.25, -0.2) is 0 Å². The zero-order valence-electron chi connectivity index (χ0n) is 12.0. The van der Waals surface area contributed by atoms with E-state index in [9.17, 15) is 19.5 Å². The average molecular weight is 320 g/mol. The number of rotatable bonds is 10. The lowest BCUT2D eigenvalue weighted by molar-refractivity contribution is -0.133. The van der Waals surface area contributed by atoms with Crippen molar-refractivity contribution >= 4 is 30.4 Å². The third-order valence-corrected chi connectivity index (χ3v) is 3.12. The summed E-state index contributed by atoms with van der Waals surface area (Å²) in [4.78, 5) is 34.6. The predicted molar refractivity (Wildman–Crippen MR) is 81.5 cm³/mol. The highest BCUT2D eigenvalue weighted by Crippen LogP contribution is 2.02. The molecule has 3 atom stereocenters. The van der Waals surface area contributed by atoms with E-state index in [0.717, 1.165) is 0 Å². The van der Waals surface area contributed by atoms with Gasteiger partial charge >= 0.3 is 0 Å². The molecule has 122 valence electrons. The number of nitrogens with one attached hydrogen (secondary N) is 2. The van der Waals surface area contributed by atoms with Crippen LogP contribution in [0.2, 0.25) is 0 Å². The number of amides is 3. The van der Waals surface area contributed by atoms with Crippen molar-refractivity contribution in [2.75, 3.05) is 12.3 Å². The third-order valence-electron chi connectivity index (χ3n) is 2.83. The largest absolute Gasteiger partial charge is 0.391 e. The smallest absolute Gasteiger partial charge is 0.245 e. The third kappa shape index (κ3) is 7.88. The number of carbonyl (C=O) groups is 3. The second-order valence-electron chi connectivity index (χ2n) is 4.69. The maximum atomic E-state index is 12.0. The van der Waals surface area contributed by atoms with Crippen LogP contribution in [-0.4, -0.2) is 53.3 Å². The molecule has 0 heterocycles. The lowest BCUT2D eigenvalue weighted by atomic mass is 10.1. The number of nitrogens with two attached hydrogens (primary N) is 2. The number of unbranched alkanes of at least 4 members (excludes halogenated alkanes) is 1. The van der Waals surface area contributed by atoms with Crippen LogP contribution in [0.5, 0.6) is 0 Å². The molecule has 0 rings (SSSR count). The van der Waals surface area contributed by atoms with Gasteiger partial charge in [-0.05, 0) is 32.7 Å². The van der Waals surface area contributed by atoms with Crippen LogP contribution in [0.15, 0.2) is 0 Å². The average Bonchev–Trinajstić information content (AvgIpc) is 2.42. The Morgan fingerprint density at radius 3 is 2.29 bits per heavy atom. The predicted octanol–water partition coefficient (Wildman–Crippen LogP) is -2.12. The van der Waals surface area contributed by atoms with E-state index >= 15 is 0 Å². The van der Waals surface area contributed by atoms with Crippen LogP contribution in [0.3, 0.4) is 0 Å². The van der Waals surface area contributed by atoms with Crippen LogP contribution in [0.4, 0.5) is 0 Å². The van der Waals surface area contributed by atoms with E-state index in [1.165, 1.54) is 6.92 Å². The molecule has 0 radical (unpaired) electrons. The zero-order valence-corrected chi connectivity index (χ0v) is 12.9. The highest BCUT2D eigenvalue weighted by molar-refractivity contribution is 7.81. The Kier molecular flexibility index (Phi) is 9.76. The Morgan fingerprint density at radius 2 is 1.86 bits per heavy atom. The van der Waals surface area contributed by atoms with E-state index in [4.69, 9.17) is 11.5 Å². The first-order valence-corrected chi connectivity index (χ1v) is 7.34. The van der Waals surface area contributed by atoms with Crippen molar-refractivity contribution in [3.05, 3.63) is 0 Å². The summed E-state index contributed by atoms with van der Waals surface area (Å²) in [7, 11) is 0. The van der Waals surface area contributed by atoms with Gasteiger partial charge in [0.1, 0.15) is 12.1 Å². The second-order valence-corrected chi connectivity index (χ2v) is 5.01. The lowest BCUT2D eigenvalue weighted by Crippen LogP contribution is -2.56. The number of aliphatic hydroxyl groups is 1. The first-order chi connectivity index (χ1) is 9.83. The normalized spacial score (nSPS) is 14.9. The summed E-state index contributed by atoms with van der Waals surface area (Å²) in [6.45, 7) is 1.84. The Bertz CT molecular complexity index is 365. The number of hydrogen-bond acceptors (Lipinski definition) is 6. The summed E-state index contributed by atoms with van der Waals surface area (Å²) in [5, 5.41) is 14.3. The zero-order chi connectivity index (χ0) is 16.4. The Balaban J connectivity index is 4.67. The van der Waals surface area contributed by atoms with Crippen LogP contribution < -0.4 is 22.1 Å². The molecule has 0 aliphatic rings. The van der Waals surface area contributed by atoms with Gasteiger partial charge in [-0.3, -0.25) is 14.4 Å². The second kappa shape index (κ2) is 10.4.